The number of carbonyl (C=O) groups is 1. The molecule has 2 rings (SSSR count). The van der Waals surface area contributed by atoms with Crippen molar-refractivity contribution in [1.82, 2.24) is 10.6 Å². The first-order chi connectivity index (χ1) is 8.75. The van der Waals surface area contributed by atoms with E-state index in [2.05, 4.69) is 17.6 Å². The summed E-state index contributed by atoms with van der Waals surface area (Å²) in [5.41, 5.74) is 1.14. The lowest BCUT2D eigenvalue weighted by Crippen LogP contribution is -2.40. The molecule has 0 radical (unpaired) electrons. The second-order valence-electron chi connectivity index (χ2n) is 5.16. The van der Waals surface area contributed by atoms with E-state index >= 15 is 0 Å². The zero-order chi connectivity index (χ0) is 12.8. The van der Waals surface area contributed by atoms with Gasteiger partial charge >= 0.3 is 0 Å². The van der Waals surface area contributed by atoms with Crippen molar-refractivity contribution in [2.45, 2.75) is 38.8 Å². The average molecular weight is 246 g/mol. The van der Waals surface area contributed by atoms with E-state index in [9.17, 15) is 4.79 Å². The minimum Gasteiger partial charge on any atom is -0.351 e. The molecule has 98 valence electrons. The Hall–Kier alpha value is -1.35. The summed E-state index contributed by atoms with van der Waals surface area (Å²) in [6.07, 6.45) is 3.76. The standard InChI is InChI=1S/C15H22N2O/c1-12-6-5-9-14(12)16-11-15(18)17-10-13-7-3-2-4-8-13/h2-4,7-8,12,14,16H,5-6,9-11H2,1H3,(H,17,18). The minimum atomic E-state index is 0.0814. The van der Waals surface area contributed by atoms with Crippen LogP contribution in [-0.4, -0.2) is 18.5 Å². The molecule has 1 fully saturated rings. The maximum absolute atomic E-state index is 11.7. The molecular formula is C15H22N2O. The Bertz CT molecular complexity index is 377. The number of benzene rings is 1. The van der Waals surface area contributed by atoms with Crippen molar-refractivity contribution in [3.05, 3.63) is 35.9 Å². The summed E-state index contributed by atoms with van der Waals surface area (Å²) >= 11 is 0. The molecule has 1 aromatic rings. The van der Waals surface area contributed by atoms with E-state index in [1.165, 1.54) is 19.3 Å². The van der Waals surface area contributed by atoms with Crippen LogP contribution in [0.2, 0.25) is 0 Å². The van der Waals surface area contributed by atoms with Crippen molar-refractivity contribution in [3.8, 4) is 0 Å². The Kier molecular flexibility index (Phi) is 4.76. The van der Waals surface area contributed by atoms with Crippen LogP contribution in [0.1, 0.15) is 31.7 Å². The van der Waals surface area contributed by atoms with Crippen LogP contribution in [-0.2, 0) is 11.3 Å². The van der Waals surface area contributed by atoms with Crippen molar-refractivity contribution >= 4 is 5.91 Å². The highest BCUT2D eigenvalue weighted by atomic mass is 16.1. The Balaban J connectivity index is 1.66. The Morgan fingerprint density at radius 1 is 1.28 bits per heavy atom. The van der Waals surface area contributed by atoms with Crippen LogP contribution in [0.4, 0.5) is 0 Å². The van der Waals surface area contributed by atoms with Gasteiger partial charge in [-0.2, -0.15) is 0 Å². The highest BCUT2D eigenvalue weighted by Gasteiger charge is 2.22. The number of hydrogen-bond acceptors (Lipinski definition) is 2. The fraction of sp³-hybridized carbons (Fsp3) is 0.533. The third-order valence-electron chi connectivity index (χ3n) is 3.72. The van der Waals surface area contributed by atoms with E-state index in [1.54, 1.807) is 0 Å². The Morgan fingerprint density at radius 2 is 2.06 bits per heavy atom. The van der Waals surface area contributed by atoms with Gasteiger partial charge in [-0.25, -0.2) is 0 Å². The first-order valence-electron chi connectivity index (χ1n) is 6.79. The second-order valence-corrected chi connectivity index (χ2v) is 5.16. The van der Waals surface area contributed by atoms with Gasteiger partial charge in [0, 0.05) is 12.6 Å². The number of amides is 1. The lowest BCUT2D eigenvalue weighted by Gasteiger charge is -2.16. The third kappa shape index (κ3) is 3.84. The number of hydrogen-bond donors (Lipinski definition) is 2. The van der Waals surface area contributed by atoms with Crippen LogP contribution in [0.5, 0.6) is 0 Å². The molecule has 2 atom stereocenters. The largest absolute Gasteiger partial charge is 0.351 e. The van der Waals surface area contributed by atoms with Crippen LogP contribution >= 0.6 is 0 Å². The summed E-state index contributed by atoms with van der Waals surface area (Å²) < 4.78 is 0. The molecule has 1 saturated carbocycles. The molecule has 3 heteroatoms. The zero-order valence-corrected chi connectivity index (χ0v) is 11.0. The molecular weight excluding hydrogens is 224 g/mol. The van der Waals surface area contributed by atoms with Crippen LogP contribution in [0.15, 0.2) is 30.3 Å². The van der Waals surface area contributed by atoms with E-state index in [4.69, 9.17) is 0 Å². The lowest BCUT2D eigenvalue weighted by molar-refractivity contribution is -0.120. The number of rotatable bonds is 5. The van der Waals surface area contributed by atoms with Gasteiger partial charge in [0.05, 0.1) is 6.54 Å². The van der Waals surface area contributed by atoms with E-state index in [0.717, 1.165) is 5.56 Å². The van der Waals surface area contributed by atoms with Crippen LogP contribution < -0.4 is 10.6 Å². The predicted octanol–water partition coefficient (Wildman–Crippen LogP) is 2.08. The molecule has 3 nitrogen and oxygen atoms in total. The number of nitrogens with one attached hydrogen (secondary N) is 2. The summed E-state index contributed by atoms with van der Waals surface area (Å²) in [6, 6.07) is 10.5. The van der Waals surface area contributed by atoms with E-state index in [-0.39, 0.29) is 5.91 Å². The summed E-state index contributed by atoms with van der Waals surface area (Å²) in [5.74, 6) is 0.782. The van der Waals surface area contributed by atoms with Gasteiger partial charge in [0.25, 0.3) is 0 Å². The maximum atomic E-state index is 11.7. The zero-order valence-electron chi connectivity index (χ0n) is 11.0. The topological polar surface area (TPSA) is 41.1 Å². The second kappa shape index (κ2) is 6.55. The lowest BCUT2D eigenvalue weighted by atomic mass is 10.1. The average Bonchev–Trinajstić information content (AvgIpc) is 2.81. The molecule has 0 spiro atoms. The molecule has 1 aromatic carbocycles. The molecule has 0 bridgehead atoms. The Labute approximate surface area is 109 Å². The van der Waals surface area contributed by atoms with Gasteiger partial charge < -0.3 is 10.6 Å². The van der Waals surface area contributed by atoms with Crippen molar-refractivity contribution in [1.29, 1.82) is 0 Å². The third-order valence-corrected chi connectivity index (χ3v) is 3.72. The van der Waals surface area contributed by atoms with Crippen molar-refractivity contribution < 1.29 is 4.79 Å². The summed E-state index contributed by atoms with van der Waals surface area (Å²) in [7, 11) is 0. The van der Waals surface area contributed by atoms with Gasteiger partial charge in [-0.3, -0.25) is 4.79 Å². The summed E-state index contributed by atoms with van der Waals surface area (Å²) in [4.78, 5) is 11.7. The van der Waals surface area contributed by atoms with E-state index in [0.29, 0.717) is 25.0 Å². The molecule has 1 aliphatic rings. The molecule has 2 unspecified atom stereocenters. The molecule has 0 heterocycles. The summed E-state index contributed by atoms with van der Waals surface area (Å²) in [5, 5.41) is 6.29. The van der Waals surface area contributed by atoms with Crippen LogP contribution in [0.3, 0.4) is 0 Å². The Morgan fingerprint density at radius 3 is 2.72 bits per heavy atom. The van der Waals surface area contributed by atoms with Gasteiger partial charge in [-0.1, -0.05) is 43.7 Å². The molecule has 0 aromatic heterocycles. The highest BCUT2D eigenvalue weighted by molar-refractivity contribution is 5.78. The van der Waals surface area contributed by atoms with Crippen molar-refractivity contribution in [2.75, 3.05) is 6.54 Å². The van der Waals surface area contributed by atoms with Gasteiger partial charge in [-0.05, 0) is 24.3 Å². The first kappa shape index (κ1) is 13.1. The fourth-order valence-corrected chi connectivity index (χ4v) is 2.53. The minimum absolute atomic E-state index is 0.0814. The van der Waals surface area contributed by atoms with Crippen molar-refractivity contribution in [2.24, 2.45) is 5.92 Å². The summed E-state index contributed by atoms with van der Waals surface area (Å²) in [6.45, 7) is 3.30. The van der Waals surface area contributed by atoms with Crippen molar-refractivity contribution in [3.63, 3.8) is 0 Å². The van der Waals surface area contributed by atoms with E-state index in [1.807, 2.05) is 30.3 Å². The van der Waals surface area contributed by atoms with Crippen LogP contribution in [0, 0.1) is 5.92 Å². The number of carbonyl (C=O) groups excluding carboxylic acids is 1. The molecule has 1 amide bonds. The van der Waals surface area contributed by atoms with Crippen LogP contribution in [0.25, 0.3) is 0 Å². The SMILES string of the molecule is CC1CCCC1NCC(=O)NCc1ccccc1. The van der Waals surface area contributed by atoms with Gasteiger partial charge in [0.2, 0.25) is 5.91 Å². The first-order valence-corrected chi connectivity index (χ1v) is 6.79. The fourth-order valence-electron chi connectivity index (χ4n) is 2.53. The quantitative estimate of drug-likeness (QED) is 0.835. The smallest absolute Gasteiger partial charge is 0.234 e. The molecule has 18 heavy (non-hydrogen) atoms. The normalized spacial score (nSPS) is 22.9. The van der Waals surface area contributed by atoms with Gasteiger partial charge in [-0.15, -0.1) is 0 Å². The maximum Gasteiger partial charge on any atom is 0.234 e. The van der Waals surface area contributed by atoms with E-state index < -0.39 is 0 Å². The monoisotopic (exact) mass is 246 g/mol. The van der Waals surface area contributed by atoms with Gasteiger partial charge in [0.15, 0.2) is 0 Å². The highest BCUT2D eigenvalue weighted by Crippen LogP contribution is 2.24. The molecule has 2 N–H and O–H groups in total. The predicted molar refractivity (Wildman–Crippen MR) is 73.1 cm³/mol. The molecule has 0 saturated heterocycles. The molecule has 0 aliphatic heterocycles. The molecule has 1 aliphatic carbocycles. The van der Waals surface area contributed by atoms with Gasteiger partial charge in [0.1, 0.15) is 0 Å².